The minimum Gasteiger partial charge on any atom is -0.379 e. The maximum Gasteiger partial charge on any atom is 0.149 e. The topological polar surface area (TPSA) is 126 Å². The van der Waals surface area contributed by atoms with Gasteiger partial charge >= 0.3 is 0 Å². The Bertz CT molecular complexity index is 1570. The molecular formula is C22H18BrClFN7O2S. The van der Waals surface area contributed by atoms with Crippen LogP contribution in [0.5, 0.6) is 0 Å². The third-order valence-electron chi connectivity index (χ3n) is 4.99. The van der Waals surface area contributed by atoms with Gasteiger partial charge < -0.3 is 10.6 Å². The molecule has 4 rings (SSSR count). The van der Waals surface area contributed by atoms with Crippen molar-refractivity contribution in [3.8, 4) is 6.07 Å². The summed E-state index contributed by atoms with van der Waals surface area (Å²) in [4.78, 5) is 4.39. The number of aryl methyl sites for hydroxylation is 1. The molecule has 0 bridgehead atoms. The minimum absolute atomic E-state index is 0.0237. The van der Waals surface area contributed by atoms with Crippen molar-refractivity contribution in [1.29, 1.82) is 5.26 Å². The lowest BCUT2D eigenvalue weighted by Gasteiger charge is -2.14. The molecule has 4 aromatic rings. The third kappa shape index (κ3) is 6.05. The normalized spacial score (nSPS) is 11.4. The van der Waals surface area contributed by atoms with Crippen molar-refractivity contribution in [3.05, 3.63) is 69.3 Å². The Morgan fingerprint density at radius 3 is 2.77 bits per heavy atom. The summed E-state index contributed by atoms with van der Waals surface area (Å²) in [6.07, 6.45) is 4.31. The number of fused-ring (bicyclic) bond motifs is 1. The van der Waals surface area contributed by atoms with Crippen molar-refractivity contribution in [2.45, 2.75) is 13.1 Å². The summed E-state index contributed by atoms with van der Waals surface area (Å²) in [7, 11) is -3.10. The number of pyridine rings is 1. The Morgan fingerprint density at radius 1 is 1.26 bits per heavy atom. The lowest BCUT2D eigenvalue weighted by molar-refractivity contribution is 0.579. The highest BCUT2D eigenvalue weighted by Gasteiger charge is 2.14. The number of hydrogen-bond donors (Lipinski definition) is 2. The number of halogens is 3. The van der Waals surface area contributed by atoms with Gasteiger partial charge in [-0.05, 0) is 46.3 Å². The number of nitrogens with zero attached hydrogens (tertiary/aromatic N) is 5. The molecule has 0 aliphatic rings. The summed E-state index contributed by atoms with van der Waals surface area (Å²) in [6.45, 7) is 0.552. The molecular weight excluding hydrogens is 561 g/mol. The van der Waals surface area contributed by atoms with Gasteiger partial charge in [0, 0.05) is 33.7 Å². The van der Waals surface area contributed by atoms with Crippen molar-refractivity contribution in [2.75, 3.05) is 22.6 Å². The van der Waals surface area contributed by atoms with Gasteiger partial charge in [0.2, 0.25) is 0 Å². The van der Waals surface area contributed by atoms with Crippen LogP contribution in [0.15, 0.2) is 47.2 Å². The number of anilines is 3. The smallest absolute Gasteiger partial charge is 0.149 e. The molecule has 2 N–H and O–H groups in total. The minimum atomic E-state index is -3.10. The first-order chi connectivity index (χ1) is 16.6. The first-order valence-electron chi connectivity index (χ1n) is 10.2. The van der Waals surface area contributed by atoms with Gasteiger partial charge in [-0.2, -0.15) is 5.26 Å². The van der Waals surface area contributed by atoms with Crippen molar-refractivity contribution in [3.63, 3.8) is 0 Å². The Labute approximate surface area is 214 Å². The van der Waals surface area contributed by atoms with Crippen LogP contribution in [-0.2, 0) is 22.9 Å². The highest BCUT2D eigenvalue weighted by atomic mass is 79.9. The van der Waals surface area contributed by atoms with E-state index in [0.717, 1.165) is 0 Å². The lowest BCUT2D eigenvalue weighted by atomic mass is 10.1. The second-order valence-corrected chi connectivity index (χ2v) is 11.2. The first kappa shape index (κ1) is 24.8. The molecule has 2 heterocycles. The predicted molar refractivity (Wildman–Crippen MR) is 136 cm³/mol. The molecule has 0 saturated carbocycles. The van der Waals surface area contributed by atoms with Crippen LogP contribution in [0.4, 0.5) is 21.5 Å². The van der Waals surface area contributed by atoms with Gasteiger partial charge in [-0.15, -0.1) is 5.10 Å². The maximum absolute atomic E-state index is 13.6. The summed E-state index contributed by atoms with van der Waals surface area (Å²) in [5.41, 5.74) is 3.27. The Morgan fingerprint density at radius 2 is 2.06 bits per heavy atom. The van der Waals surface area contributed by atoms with E-state index in [0.29, 0.717) is 50.2 Å². The van der Waals surface area contributed by atoms with Gasteiger partial charge in [-0.25, -0.2) is 12.8 Å². The molecule has 0 amide bonds. The molecule has 2 aromatic carbocycles. The van der Waals surface area contributed by atoms with Gasteiger partial charge in [0.1, 0.15) is 27.4 Å². The monoisotopic (exact) mass is 577 g/mol. The number of sulfone groups is 1. The number of nitriles is 1. The quantitative estimate of drug-likeness (QED) is 0.309. The van der Waals surface area contributed by atoms with Crippen molar-refractivity contribution >= 4 is 65.3 Å². The number of rotatable bonds is 8. The molecule has 0 atom stereocenters. The van der Waals surface area contributed by atoms with E-state index in [9.17, 15) is 18.1 Å². The van der Waals surface area contributed by atoms with Crippen molar-refractivity contribution < 1.29 is 12.8 Å². The Kier molecular flexibility index (Phi) is 7.20. The van der Waals surface area contributed by atoms with E-state index < -0.39 is 15.7 Å². The number of nitrogens with one attached hydrogen (secondary N) is 2. The molecule has 0 radical (unpaired) electrons. The fraction of sp³-hybridized carbons (Fsp3) is 0.182. The fourth-order valence-electron chi connectivity index (χ4n) is 3.28. The zero-order valence-corrected chi connectivity index (χ0v) is 21.4. The average molecular weight is 579 g/mol. The van der Waals surface area contributed by atoms with Gasteiger partial charge in [0.05, 0.1) is 46.8 Å². The van der Waals surface area contributed by atoms with Crippen LogP contribution >= 0.6 is 27.5 Å². The van der Waals surface area contributed by atoms with E-state index >= 15 is 0 Å². The van der Waals surface area contributed by atoms with Crippen LogP contribution < -0.4 is 10.6 Å². The predicted octanol–water partition coefficient (Wildman–Crippen LogP) is 4.65. The molecule has 0 aliphatic carbocycles. The highest BCUT2D eigenvalue weighted by molar-refractivity contribution is 9.10. The SMILES string of the molecule is CS(=O)(=O)CCn1cc(CNc2cc(Br)c3ncc(C#N)c(Nc4ccc(F)c(Cl)c4)c3c2)nn1. The summed E-state index contributed by atoms with van der Waals surface area (Å²) in [6, 6.07) is 10.0. The number of hydrogen-bond acceptors (Lipinski definition) is 8. The largest absolute Gasteiger partial charge is 0.379 e. The number of aromatic nitrogens is 4. The molecule has 180 valence electrons. The second-order valence-electron chi connectivity index (χ2n) is 7.72. The van der Waals surface area contributed by atoms with E-state index in [4.69, 9.17) is 11.6 Å². The standard InChI is InChI=1S/C22H18BrClFN7O2S/c1-35(33,34)5-4-32-12-16(30-31-32)11-27-15-6-17-21(29-14-2-3-20(25)19(24)8-14)13(9-26)10-28-22(17)18(23)7-15/h2-3,6-8,10,12,27H,4-5,11H2,1H3,(H,28,29). The van der Waals surface area contributed by atoms with Crippen LogP contribution in [0.1, 0.15) is 11.3 Å². The van der Waals surface area contributed by atoms with Gasteiger partial charge in [-0.1, -0.05) is 16.8 Å². The van der Waals surface area contributed by atoms with Crippen LogP contribution in [0, 0.1) is 17.1 Å². The number of benzene rings is 2. The maximum atomic E-state index is 13.6. The molecule has 0 fully saturated rings. The van der Waals surface area contributed by atoms with Gasteiger partial charge in [0.15, 0.2) is 0 Å². The molecule has 2 aromatic heterocycles. The zero-order valence-electron chi connectivity index (χ0n) is 18.3. The molecule has 0 aliphatic heterocycles. The van der Waals surface area contributed by atoms with Gasteiger partial charge in [0.25, 0.3) is 0 Å². The summed E-state index contributed by atoms with van der Waals surface area (Å²) >= 11 is 9.44. The van der Waals surface area contributed by atoms with E-state index in [1.54, 1.807) is 6.20 Å². The summed E-state index contributed by atoms with van der Waals surface area (Å²) in [5.74, 6) is -0.566. The van der Waals surface area contributed by atoms with E-state index in [-0.39, 0.29) is 17.3 Å². The molecule has 0 saturated heterocycles. The van der Waals surface area contributed by atoms with E-state index in [1.807, 2.05) is 12.1 Å². The second kappa shape index (κ2) is 10.2. The highest BCUT2D eigenvalue weighted by Crippen LogP contribution is 2.35. The van der Waals surface area contributed by atoms with Crippen LogP contribution in [0.3, 0.4) is 0 Å². The van der Waals surface area contributed by atoms with E-state index in [2.05, 4.69) is 47.9 Å². The van der Waals surface area contributed by atoms with E-state index in [1.165, 1.54) is 35.3 Å². The Hall–Kier alpha value is -3.27. The first-order valence-corrected chi connectivity index (χ1v) is 13.4. The van der Waals surface area contributed by atoms with Crippen molar-refractivity contribution in [2.24, 2.45) is 0 Å². The summed E-state index contributed by atoms with van der Waals surface area (Å²) in [5, 5.41) is 24.7. The molecule has 9 nitrogen and oxygen atoms in total. The molecule has 0 unspecified atom stereocenters. The van der Waals surface area contributed by atoms with Crippen molar-refractivity contribution in [1.82, 2.24) is 20.0 Å². The summed E-state index contributed by atoms with van der Waals surface area (Å²) < 4.78 is 38.5. The fourth-order valence-corrected chi connectivity index (χ4v) is 4.54. The molecule has 0 spiro atoms. The van der Waals surface area contributed by atoms with Crippen LogP contribution in [0.2, 0.25) is 5.02 Å². The molecule has 13 heteroatoms. The third-order valence-corrected chi connectivity index (χ3v) is 6.80. The van der Waals surface area contributed by atoms with Crippen LogP contribution in [0.25, 0.3) is 10.9 Å². The zero-order chi connectivity index (χ0) is 25.2. The van der Waals surface area contributed by atoms with Gasteiger partial charge in [-0.3, -0.25) is 9.67 Å². The Balaban J connectivity index is 1.61. The lowest BCUT2D eigenvalue weighted by Crippen LogP contribution is -2.11. The average Bonchev–Trinajstić information content (AvgIpc) is 3.27. The molecule has 35 heavy (non-hydrogen) atoms. The van der Waals surface area contributed by atoms with Crippen LogP contribution in [-0.4, -0.2) is 40.4 Å².